The van der Waals surface area contributed by atoms with Gasteiger partial charge in [0.2, 0.25) is 10.0 Å². The second-order valence-corrected chi connectivity index (χ2v) is 8.65. The summed E-state index contributed by atoms with van der Waals surface area (Å²) in [5, 5.41) is 9.94. The molecular weight excluding hydrogens is 342 g/mol. The molecule has 0 amide bonds. The van der Waals surface area contributed by atoms with E-state index in [0.717, 1.165) is 5.56 Å². The molecule has 0 aromatic heterocycles. The van der Waals surface area contributed by atoms with Crippen LogP contribution in [0.5, 0.6) is 0 Å². The lowest BCUT2D eigenvalue weighted by Gasteiger charge is -2.46. The number of piperidine rings is 1. The van der Waals surface area contributed by atoms with Crippen LogP contribution in [0, 0.1) is 6.92 Å². The van der Waals surface area contributed by atoms with Gasteiger partial charge in [-0.2, -0.15) is 4.31 Å². The Kier molecular flexibility index (Phi) is 4.31. The number of alkyl halides is 1. The van der Waals surface area contributed by atoms with Crippen molar-refractivity contribution >= 4 is 26.0 Å². The smallest absolute Gasteiger partial charge is 0.243 e. The summed E-state index contributed by atoms with van der Waals surface area (Å²) in [5.41, 5.74) is 0.345. The van der Waals surface area contributed by atoms with Crippen molar-refractivity contribution in [2.45, 2.75) is 48.6 Å². The fraction of sp³-hybridized carbons (Fsp3) is 0.571. The van der Waals surface area contributed by atoms with E-state index >= 15 is 0 Å². The molecular formula is C14H20BrNO3S. The standard InChI is InChI=1S/C14H20BrNO3S/c1-10-4-6-11(7-5-10)20(18,19)16-9-8-12(17)13(15)14(16,2)3/h4-7,12-13,17H,8-9H2,1-3H3/t12-,13-/m1/s1. The Bertz CT molecular complexity index is 583. The van der Waals surface area contributed by atoms with Crippen LogP contribution in [0.15, 0.2) is 29.2 Å². The first-order valence-electron chi connectivity index (χ1n) is 6.59. The van der Waals surface area contributed by atoms with Crippen LogP contribution >= 0.6 is 15.9 Å². The number of aliphatic hydroxyl groups excluding tert-OH is 1. The van der Waals surface area contributed by atoms with Gasteiger partial charge >= 0.3 is 0 Å². The van der Waals surface area contributed by atoms with Gasteiger partial charge in [-0.05, 0) is 39.3 Å². The number of hydrogen-bond donors (Lipinski definition) is 1. The fourth-order valence-electron chi connectivity index (χ4n) is 2.56. The van der Waals surface area contributed by atoms with Crippen LogP contribution in [0.2, 0.25) is 0 Å². The third-order valence-electron chi connectivity index (χ3n) is 3.89. The lowest BCUT2D eigenvalue weighted by molar-refractivity contribution is 0.0554. The number of aliphatic hydroxyl groups is 1. The van der Waals surface area contributed by atoms with Gasteiger partial charge in [0.1, 0.15) is 0 Å². The van der Waals surface area contributed by atoms with Gasteiger partial charge in [-0.15, -0.1) is 0 Å². The van der Waals surface area contributed by atoms with E-state index in [9.17, 15) is 13.5 Å². The zero-order valence-corrected chi connectivity index (χ0v) is 14.3. The SMILES string of the molecule is Cc1ccc(S(=O)(=O)N2CC[C@@H](O)[C@@H](Br)C2(C)C)cc1. The quantitative estimate of drug-likeness (QED) is 0.822. The van der Waals surface area contributed by atoms with Crippen LogP contribution in [0.1, 0.15) is 25.8 Å². The van der Waals surface area contributed by atoms with Crippen LogP contribution in [-0.4, -0.2) is 40.8 Å². The highest BCUT2D eigenvalue weighted by Gasteiger charge is 2.47. The molecule has 0 saturated carbocycles. The summed E-state index contributed by atoms with van der Waals surface area (Å²) in [6.07, 6.45) is -0.0979. The van der Waals surface area contributed by atoms with Gasteiger partial charge < -0.3 is 5.11 Å². The van der Waals surface area contributed by atoms with E-state index in [0.29, 0.717) is 17.9 Å². The van der Waals surface area contributed by atoms with Crippen molar-refractivity contribution in [1.82, 2.24) is 4.31 Å². The van der Waals surface area contributed by atoms with E-state index in [1.807, 2.05) is 20.8 Å². The normalized spacial score (nSPS) is 27.4. The van der Waals surface area contributed by atoms with Gasteiger partial charge in [-0.3, -0.25) is 0 Å². The molecule has 1 aromatic rings. The summed E-state index contributed by atoms with van der Waals surface area (Å²) in [6, 6.07) is 6.86. The predicted octanol–water partition coefficient (Wildman–Crippen LogP) is 2.29. The van der Waals surface area contributed by atoms with Crippen LogP contribution in [0.4, 0.5) is 0 Å². The third-order valence-corrected chi connectivity index (χ3v) is 7.72. The molecule has 1 aromatic carbocycles. The molecule has 0 unspecified atom stereocenters. The van der Waals surface area contributed by atoms with Crippen LogP contribution in [-0.2, 0) is 10.0 Å². The first-order chi connectivity index (χ1) is 9.17. The minimum Gasteiger partial charge on any atom is -0.392 e. The van der Waals surface area contributed by atoms with E-state index in [-0.39, 0.29) is 4.83 Å². The van der Waals surface area contributed by atoms with Gasteiger partial charge in [0.15, 0.2) is 0 Å². The van der Waals surface area contributed by atoms with Gasteiger partial charge in [0.25, 0.3) is 0 Å². The maximum Gasteiger partial charge on any atom is 0.243 e. The maximum atomic E-state index is 12.8. The number of nitrogens with zero attached hydrogens (tertiary/aromatic N) is 1. The first-order valence-corrected chi connectivity index (χ1v) is 8.94. The summed E-state index contributed by atoms with van der Waals surface area (Å²) < 4.78 is 27.1. The Morgan fingerprint density at radius 1 is 1.30 bits per heavy atom. The Morgan fingerprint density at radius 3 is 2.40 bits per heavy atom. The summed E-state index contributed by atoms with van der Waals surface area (Å²) in [7, 11) is -3.55. The van der Waals surface area contributed by atoms with E-state index < -0.39 is 21.7 Å². The molecule has 4 nitrogen and oxygen atoms in total. The minimum atomic E-state index is -3.55. The van der Waals surface area contributed by atoms with E-state index in [1.54, 1.807) is 24.3 Å². The summed E-state index contributed by atoms with van der Waals surface area (Å²) >= 11 is 3.44. The van der Waals surface area contributed by atoms with E-state index in [2.05, 4.69) is 15.9 Å². The highest BCUT2D eigenvalue weighted by atomic mass is 79.9. The number of aryl methyl sites for hydroxylation is 1. The molecule has 2 rings (SSSR count). The molecule has 0 aliphatic carbocycles. The molecule has 0 spiro atoms. The highest BCUT2D eigenvalue weighted by Crippen LogP contribution is 2.37. The van der Waals surface area contributed by atoms with Gasteiger partial charge in [0, 0.05) is 12.1 Å². The molecule has 1 fully saturated rings. The van der Waals surface area contributed by atoms with Crippen molar-refractivity contribution in [2.75, 3.05) is 6.54 Å². The topological polar surface area (TPSA) is 57.6 Å². The minimum absolute atomic E-state index is 0.288. The Balaban J connectivity index is 2.41. The van der Waals surface area contributed by atoms with Gasteiger partial charge in [-0.25, -0.2) is 8.42 Å². The fourth-order valence-corrected chi connectivity index (χ4v) is 5.02. The largest absolute Gasteiger partial charge is 0.392 e. The number of sulfonamides is 1. The monoisotopic (exact) mass is 361 g/mol. The van der Waals surface area contributed by atoms with Crippen molar-refractivity contribution < 1.29 is 13.5 Å². The molecule has 0 bridgehead atoms. The molecule has 112 valence electrons. The summed E-state index contributed by atoms with van der Waals surface area (Å²) in [5.74, 6) is 0. The lowest BCUT2D eigenvalue weighted by Crippen LogP contribution is -2.60. The van der Waals surface area contributed by atoms with E-state index in [1.165, 1.54) is 4.31 Å². The van der Waals surface area contributed by atoms with Crippen molar-refractivity contribution in [2.24, 2.45) is 0 Å². The van der Waals surface area contributed by atoms with Crippen molar-refractivity contribution in [3.05, 3.63) is 29.8 Å². The number of rotatable bonds is 2. The Hall–Kier alpha value is -0.430. The summed E-state index contributed by atoms with van der Waals surface area (Å²) in [4.78, 5) is 0.0104. The van der Waals surface area contributed by atoms with Gasteiger partial charge in [-0.1, -0.05) is 33.6 Å². The number of hydrogen-bond acceptors (Lipinski definition) is 3. The van der Waals surface area contributed by atoms with Crippen molar-refractivity contribution in [1.29, 1.82) is 0 Å². The van der Waals surface area contributed by atoms with Crippen LogP contribution < -0.4 is 0 Å². The molecule has 2 atom stereocenters. The zero-order valence-electron chi connectivity index (χ0n) is 11.9. The highest BCUT2D eigenvalue weighted by molar-refractivity contribution is 9.09. The first kappa shape index (κ1) is 15.9. The number of benzene rings is 1. The third kappa shape index (κ3) is 2.66. The second-order valence-electron chi connectivity index (χ2n) is 5.80. The Morgan fingerprint density at radius 2 is 1.85 bits per heavy atom. The molecule has 20 heavy (non-hydrogen) atoms. The van der Waals surface area contributed by atoms with Gasteiger partial charge in [0.05, 0.1) is 15.8 Å². The molecule has 0 radical (unpaired) electrons. The predicted molar refractivity (Wildman–Crippen MR) is 82.5 cm³/mol. The maximum absolute atomic E-state index is 12.8. The second kappa shape index (κ2) is 5.40. The lowest BCUT2D eigenvalue weighted by atomic mass is 9.91. The average molecular weight is 362 g/mol. The molecule has 6 heteroatoms. The summed E-state index contributed by atoms with van der Waals surface area (Å²) in [6.45, 7) is 5.92. The molecule has 1 heterocycles. The molecule has 1 N–H and O–H groups in total. The molecule has 1 saturated heterocycles. The van der Waals surface area contributed by atoms with Crippen LogP contribution in [0.25, 0.3) is 0 Å². The number of halogens is 1. The molecule has 1 aliphatic rings. The Labute approximate surface area is 129 Å². The zero-order chi connectivity index (χ0) is 15.1. The van der Waals surface area contributed by atoms with Crippen molar-refractivity contribution in [3.63, 3.8) is 0 Å². The van der Waals surface area contributed by atoms with Crippen molar-refractivity contribution in [3.8, 4) is 0 Å². The average Bonchev–Trinajstić information content (AvgIpc) is 2.36. The molecule has 1 aliphatic heterocycles. The van der Waals surface area contributed by atoms with E-state index in [4.69, 9.17) is 0 Å². The van der Waals surface area contributed by atoms with Crippen LogP contribution in [0.3, 0.4) is 0 Å².